The molecule has 0 fully saturated rings. The highest BCUT2D eigenvalue weighted by molar-refractivity contribution is 5.19. The van der Waals surface area contributed by atoms with Gasteiger partial charge in [0.05, 0.1) is 6.54 Å². The molecule has 16 heavy (non-hydrogen) atoms. The summed E-state index contributed by atoms with van der Waals surface area (Å²) in [6.07, 6.45) is 3.35. The first-order valence-electron chi connectivity index (χ1n) is 6.09. The molecule has 0 amide bonds. The molecule has 1 heterocycles. The molecule has 0 aliphatic carbocycles. The zero-order valence-electron chi connectivity index (χ0n) is 10.4. The number of hydrogen-bond donors (Lipinski definition) is 2. The molecule has 1 rings (SSSR count). The third-order valence-electron chi connectivity index (χ3n) is 2.45. The lowest BCUT2D eigenvalue weighted by molar-refractivity contribution is 0.472. The molecule has 0 aliphatic heterocycles. The van der Waals surface area contributed by atoms with Crippen LogP contribution >= 0.6 is 0 Å². The minimum absolute atomic E-state index is 0.428. The number of anilines is 1. The number of aromatic nitrogens is 2. The summed E-state index contributed by atoms with van der Waals surface area (Å²) >= 11 is 0. The van der Waals surface area contributed by atoms with E-state index in [-0.39, 0.29) is 0 Å². The van der Waals surface area contributed by atoms with Gasteiger partial charge in [0.2, 0.25) is 5.89 Å². The predicted molar refractivity (Wildman–Crippen MR) is 64.3 cm³/mol. The summed E-state index contributed by atoms with van der Waals surface area (Å²) in [4.78, 5) is 0. The number of hydrogen-bond acceptors (Lipinski definition) is 5. The minimum Gasteiger partial charge on any atom is -0.407 e. The molecule has 92 valence electrons. The highest BCUT2D eigenvalue weighted by atomic mass is 16.4. The lowest BCUT2D eigenvalue weighted by Crippen LogP contribution is -2.18. The van der Waals surface area contributed by atoms with Crippen LogP contribution in [0.3, 0.4) is 0 Å². The van der Waals surface area contributed by atoms with Crippen LogP contribution in [0.5, 0.6) is 0 Å². The predicted octanol–water partition coefficient (Wildman–Crippen LogP) is 2.17. The van der Waals surface area contributed by atoms with E-state index in [1.807, 2.05) is 6.92 Å². The van der Waals surface area contributed by atoms with Crippen molar-refractivity contribution < 1.29 is 4.42 Å². The van der Waals surface area contributed by atoms with Gasteiger partial charge in [-0.15, -0.1) is 5.10 Å². The van der Waals surface area contributed by atoms with Crippen LogP contribution < -0.4 is 10.6 Å². The van der Waals surface area contributed by atoms with Crippen molar-refractivity contribution in [3.05, 3.63) is 5.89 Å². The number of nitrogens with one attached hydrogen (secondary N) is 2. The summed E-state index contributed by atoms with van der Waals surface area (Å²) in [6, 6.07) is 0.964. The molecule has 0 aliphatic rings. The molecule has 1 aromatic heterocycles. The second kappa shape index (κ2) is 7.22. The van der Waals surface area contributed by atoms with Gasteiger partial charge in [-0.05, 0) is 19.4 Å². The Hall–Kier alpha value is -1.10. The third-order valence-corrected chi connectivity index (χ3v) is 2.45. The van der Waals surface area contributed by atoms with E-state index >= 15 is 0 Å². The zero-order valence-corrected chi connectivity index (χ0v) is 10.4. The zero-order chi connectivity index (χ0) is 11.8. The fourth-order valence-electron chi connectivity index (χ4n) is 1.52. The molecular weight excluding hydrogens is 204 g/mol. The van der Waals surface area contributed by atoms with Crippen molar-refractivity contribution in [2.45, 2.75) is 52.6 Å². The topological polar surface area (TPSA) is 63.0 Å². The molecule has 0 aromatic carbocycles. The van der Waals surface area contributed by atoms with Gasteiger partial charge in [0.25, 0.3) is 0 Å². The molecule has 0 bridgehead atoms. The first-order valence-corrected chi connectivity index (χ1v) is 6.09. The average molecular weight is 226 g/mol. The Bertz CT molecular complexity index is 287. The van der Waals surface area contributed by atoms with Gasteiger partial charge in [-0.1, -0.05) is 32.3 Å². The van der Waals surface area contributed by atoms with Crippen molar-refractivity contribution >= 4 is 6.01 Å². The fourth-order valence-corrected chi connectivity index (χ4v) is 1.52. The van der Waals surface area contributed by atoms with Crippen LogP contribution in [0.2, 0.25) is 0 Å². The lowest BCUT2D eigenvalue weighted by Gasteiger charge is -2.13. The van der Waals surface area contributed by atoms with E-state index in [9.17, 15) is 0 Å². The van der Waals surface area contributed by atoms with E-state index in [4.69, 9.17) is 4.42 Å². The molecule has 5 heteroatoms. The highest BCUT2D eigenvalue weighted by Gasteiger charge is 2.10. The van der Waals surface area contributed by atoms with Crippen LogP contribution in [0.1, 0.15) is 45.9 Å². The van der Waals surface area contributed by atoms with Crippen LogP contribution in [-0.2, 0) is 6.54 Å². The Morgan fingerprint density at radius 1 is 1.25 bits per heavy atom. The van der Waals surface area contributed by atoms with Gasteiger partial charge in [-0.2, -0.15) is 0 Å². The smallest absolute Gasteiger partial charge is 0.315 e. The summed E-state index contributed by atoms with van der Waals surface area (Å²) in [5.41, 5.74) is 0. The molecule has 1 atom stereocenters. The van der Waals surface area contributed by atoms with Crippen molar-refractivity contribution in [2.24, 2.45) is 0 Å². The summed E-state index contributed by atoms with van der Waals surface area (Å²) < 4.78 is 5.47. The largest absolute Gasteiger partial charge is 0.407 e. The molecule has 0 saturated heterocycles. The maximum Gasteiger partial charge on any atom is 0.315 e. The van der Waals surface area contributed by atoms with E-state index < -0.39 is 0 Å². The average Bonchev–Trinajstić information content (AvgIpc) is 2.73. The van der Waals surface area contributed by atoms with E-state index in [2.05, 4.69) is 34.7 Å². The molecule has 1 unspecified atom stereocenters. The monoisotopic (exact) mass is 226 g/mol. The molecule has 5 nitrogen and oxygen atoms in total. The minimum atomic E-state index is 0.428. The van der Waals surface area contributed by atoms with E-state index in [1.165, 1.54) is 0 Å². The van der Waals surface area contributed by atoms with E-state index in [1.54, 1.807) is 0 Å². The van der Waals surface area contributed by atoms with Crippen molar-refractivity contribution in [3.8, 4) is 0 Å². The summed E-state index contributed by atoms with van der Waals surface area (Å²) in [5.74, 6) is 0.635. The van der Waals surface area contributed by atoms with Gasteiger partial charge >= 0.3 is 6.01 Å². The standard InChI is InChI=1S/C11H22N4O/c1-4-7-9(5-2)13-11-15-14-10(16-11)8-12-6-3/h9,12H,4-8H2,1-3H3,(H,13,15). The summed E-state index contributed by atoms with van der Waals surface area (Å²) in [5, 5.41) is 14.3. The Kier molecular flexibility index (Phi) is 5.85. The second-order valence-corrected chi connectivity index (χ2v) is 3.82. The van der Waals surface area contributed by atoms with Crippen LogP contribution in [0, 0.1) is 0 Å². The van der Waals surface area contributed by atoms with Crippen LogP contribution in [-0.4, -0.2) is 22.8 Å². The molecule has 0 radical (unpaired) electrons. The van der Waals surface area contributed by atoms with Gasteiger partial charge in [-0.25, -0.2) is 0 Å². The normalized spacial score (nSPS) is 12.7. The fraction of sp³-hybridized carbons (Fsp3) is 0.818. The number of rotatable bonds is 8. The maximum absolute atomic E-state index is 5.47. The maximum atomic E-state index is 5.47. The molecule has 0 saturated carbocycles. The first kappa shape index (κ1) is 13.0. The molecular formula is C11H22N4O. The van der Waals surface area contributed by atoms with E-state index in [0.29, 0.717) is 24.5 Å². The Morgan fingerprint density at radius 2 is 2.06 bits per heavy atom. The lowest BCUT2D eigenvalue weighted by atomic mass is 10.1. The van der Waals surface area contributed by atoms with Gasteiger partial charge in [-0.3, -0.25) is 0 Å². The number of nitrogens with zero attached hydrogens (tertiary/aromatic N) is 2. The van der Waals surface area contributed by atoms with Gasteiger partial charge < -0.3 is 15.1 Å². The van der Waals surface area contributed by atoms with Crippen LogP contribution in [0.15, 0.2) is 4.42 Å². The van der Waals surface area contributed by atoms with Gasteiger partial charge in [0.1, 0.15) is 0 Å². The van der Waals surface area contributed by atoms with E-state index in [0.717, 1.165) is 25.8 Å². The van der Waals surface area contributed by atoms with Crippen molar-refractivity contribution in [1.29, 1.82) is 0 Å². The molecule has 0 spiro atoms. The molecule has 1 aromatic rings. The SMILES string of the molecule is CCCC(CC)Nc1nnc(CNCC)o1. The Balaban J connectivity index is 2.43. The molecule has 2 N–H and O–H groups in total. The van der Waals surface area contributed by atoms with Gasteiger partial charge in [0.15, 0.2) is 0 Å². The quantitative estimate of drug-likeness (QED) is 0.711. The first-order chi connectivity index (χ1) is 7.80. The van der Waals surface area contributed by atoms with Crippen molar-refractivity contribution in [2.75, 3.05) is 11.9 Å². The highest BCUT2D eigenvalue weighted by Crippen LogP contribution is 2.11. The van der Waals surface area contributed by atoms with Crippen LogP contribution in [0.4, 0.5) is 6.01 Å². The van der Waals surface area contributed by atoms with Gasteiger partial charge in [0, 0.05) is 6.04 Å². The Morgan fingerprint density at radius 3 is 2.69 bits per heavy atom. The summed E-state index contributed by atoms with van der Waals surface area (Å²) in [6.45, 7) is 7.91. The van der Waals surface area contributed by atoms with Crippen molar-refractivity contribution in [1.82, 2.24) is 15.5 Å². The van der Waals surface area contributed by atoms with Crippen molar-refractivity contribution in [3.63, 3.8) is 0 Å². The second-order valence-electron chi connectivity index (χ2n) is 3.82. The Labute approximate surface area is 97.0 Å². The van der Waals surface area contributed by atoms with Crippen LogP contribution in [0.25, 0.3) is 0 Å². The summed E-state index contributed by atoms with van der Waals surface area (Å²) in [7, 11) is 0. The third kappa shape index (κ3) is 4.18.